The predicted octanol–water partition coefficient (Wildman–Crippen LogP) is 3.63. The Morgan fingerprint density at radius 1 is 0.962 bits per heavy atom. The van der Waals surface area contributed by atoms with Crippen LogP contribution < -0.4 is 0 Å². The molecule has 3 aromatic rings. The molecule has 0 atom stereocenters. The molecular weight excluding hydrogens is 367 g/mol. The molecule has 0 saturated carbocycles. The Balaban J connectivity index is 2.17. The first-order valence-corrected chi connectivity index (χ1v) is 9.20. The van der Waals surface area contributed by atoms with Gasteiger partial charge in [0.15, 0.2) is 15.7 Å². The Kier molecular flexibility index (Phi) is 4.49. The fourth-order valence-electron chi connectivity index (χ4n) is 2.30. The van der Waals surface area contributed by atoms with E-state index >= 15 is 0 Å². The predicted molar refractivity (Wildman–Crippen MR) is 88.8 cm³/mol. The van der Waals surface area contributed by atoms with Crippen molar-refractivity contribution >= 4 is 9.84 Å². The summed E-state index contributed by atoms with van der Waals surface area (Å²) in [6, 6.07) is 7.50. The van der Waals surface area contributed by atoms with Crippen molar-refractivity contribution in [2.75, 3.05) is 6.26 Å². The smallest absolute Gasteiger partial charge is 0.264 e. The lowest BCUT2D eigenvalue weighted by atomic mass is 10.1. The van der Waals surface area contributed by atoms with Gasteiger partial charge in [-0.05, 0) is 24.3 Å². The van der Waals surface area contributed by atoms with Crippen LogP contribution in [0.25, 0.3) is 22.6 Å². The molecule has 0 aliphatic heterocycles. The molecule has 0 bridgehead atoms. The van der Waals surface area contributed by atoms with E-state index in [1.165, 1.54) is 18.3 Å². The van der Waals surface area contributed by atoms with Crippen LogP contribution in [0.3, 0.4) is 0 Å². The van der Waals surface area contributed by atoms with Crippen molar-refractivity contribution < 1.29 is 21.6 Å². The number of alkyl halides is 3. The lowest BCUT2D eigenvalue weighted by Crippen LogP contribution is -2.06. The number of halogens is 3. The van der Waals surface area contributed by atoms with E-state index in [0.717, 1.165) is 24.6 Å². The van der Waals surface area contributed by atoms with Crippen LogP contribution in [-0.4, -0.2) is 29.6 Å². The molecule has 0 spiro atoms. The second-order valence-corrected chi connectivity index (χ2v) is 7.48. The van der Waals surface area contributed by atoms with Gasteiger partial charge in [-0.2, -0.15) is 13.2 Å². The number of nitrogens with zero attached hydrogens (tertiary/aromatic N) is 3. The Hall–Kier alpha value is -2.81. The Morgan fingerprint density at radius 2 is 1.65 bits per heavy atom. The van der Waals surface area contributed by atoms with E-state index in [2.05, 4.69) is 15.0 Å². The average Bonchev–Trinajstić information content (AvgIpc) is 2.60. The minimum Gasteiger partial charge on any atom is -0.264 e. The summed E-state index contributed by atoms with van der Waals surface area (Å²) in [7, 11) is -3.68. The third-order valence-electron chi connectivity index (χ3n) is 3.56. The first-order chi connectivity index (χ1) is 12.2. The first kappa shape index (κ1) is 18.0. The van der Waals surface area contributed by atoms with Crippen molar-refractivity contribution in [2.24, 2.45) is 0 Å². The molecule has 0 amide bonds. The summed E-state index contributed by atoms with van der Waals surface area (Å²) in [5.41, 5.74) is 0.00505. The Morgan fingerprint density at radius 3 is 2.19 bits per heavy atom. The molecule has 3 rings (SSSR count). The van der Waals surface area contributed by atoms with Crippen molar-refractivity contribution in [2.45, 2.75) is 11.1 Å². The maximum atomic E-state index is 12.7. The molecular formula is C17H12F3N3O2S. The van der Waals surface area contributed by atoms with E-state index < -0.39 is 21.6 Å². The van der Waals surface area contributed by atoms with Crippen LogP contribution in [0.15, 0.2) is 59.9 Å². The summed E-state index contributed by atoms with van der Waals surface area (Å²) in [5.74, 6) is 0.223. The number of aromatic nitrogens is 3. The third kappa shape index (κ3) is 3.72. The van der Waals surface area contributed by atoms with Crippen molar-refractivity contribution in [3.63, 3.8) is 0 Å². The SMILES string of the molecule is CS(=O)(=O)c1cnc(-c2cccnc2)nc1-c1ccc(C(F)(F)F)cc1. The lowest BCUT2D eigenvalue weighted by molar-refractivity contribution is -0.137. The molecule has 2 heterocycles. The van der Waals surface area contributed by atoms with Crippen LogP contribution in [0.4, 0.5) is 13.2 Å². The molecule has 0 aliphatic carbocycles. The highest BCUT2D eigenvalue weighted by Gasteiger charge is 2.30. The van der Waals surface area contributed by atoms with Gasteiger partial charge in [0.05, 0.1) is 17.5 Å². The van der Waals surface area contributed by atoms with E-state index in [-0.39, 0.29) is 22.0 Å². The minimum atomic E-state index is -4.48. The van der Waals surface area contributed by atoms with E-state index in [1.807, 2.05) is 0 Å². The van der Waals surface area contributed by atoms with Gasteiger partial charge in [-0.25, -0.2) is 18.4 Å². The van der Waals surface area contributed by atoms with Gasteiger partial charge in [0, 0.05) is 29.8 Å². The number of benzene rings is 1. The number of rotatable bonds is 3. The topological polar surface area (TPSA) is 72.8 Å². The average molecular weight is 379 g/mol. The number of pyridine rings is 1. The zero-order valence-corrected chi connectivity index (χ0v) is 14.2. The quantitative estimate of drug-likeness (QED) is 0.695. The maximum Gasteiger partial charge on any atom is 0.416 e. The van der Waals surface area contributed by atoms with E-state index in [4.69, 9.17) is 0 Å². The standard InChI is InChI=1S/C17H12F3N3O2S/c1-26(24,25)14-10-22-16(12-3-2-8-21-9-12)23-15(14)11-4-6-13(7-5-11)17(18,19)20/h2-10H,1H3. The van der Waals surface area contributed by atoms with Gasteiger partial charge in [0.1, 0.15) is 4.90 Å². The zero-order valence-electron chi connectivity index (χ0n) is 13.4. The summed E-state index contributed by atoms with van der Waals surface area (Å²) in [4.78, 5) is 12.1. The van der Waals surface area contributed by atoms with E-state index in [0.29, 0.717) is 5.56 Å². The van der Waals surface area contributed by atoms with Crippen LogP contribution in [0.2, 0.25) is 0 Å². The lowest BCUT2D eigenvalue weighted by Gasteiger charge is -2.11. The van der Waals surface area contributed by atoms with Crippen molar-refractivity contribution in [3.05, 3.63) is 60.6 Å². The summed E-state index contributed by atoms with van der Waals surface area (Å²) in [5, 5.41) is 0. The second kappa shape index (κ2) is 6.49. The van der Waals surface area contributed by atoms with Crippen molar-refractivity contribution in [1.82, 2.24) is 15.0 Å². The van der Waals surface area contributed by atoms with Crippen LogP contribution in [0.1, 0.15) is 5.56 Å². The van der Waals surface area contributed by atoms with Gasteiger partial charge < -0.3 is 0 Å². The van der Waals surface area contributed by atoms with Crippen molar-refractivity contribution in [1.29, 1.82) is 0 Å². The molecule has 5 nitrogen and oxygen atoms in total. The largest absolute Gasteiger partial charge is 0.416 e. The molecule has 1 aromatic carbocycles. The Bertz CT molecular complexity index is 1040. The molecule has 26 heavy (non-hydrogen) atoms. The van der Waals surface area contributed by atoms with Gasteiger partial charge in [-0.3, -0.25) is 4.98 Å². The Labute approximate surface area is 147 Å². The van der Waals surface area contributed by atoms with E-state index in [9.17, 15) is 21.6 Å². The first-order valence-electron chi connectivity index (χ1n) is 7.31. The molecule has 0 aliphatic rings. The highest BCUT2D eigenvalue weighted by Crippen LogP contribution is 2.32. The van der Waals surface area contributed by atoms with Crippen molar-refractivity contribution in [3.8, 4) is 22.6 Å². The van der Waals surface area contributed by atoms with Gasteiger partial charge in [0.2, 0.25) is 0 Å². The molecule has 0 saturated heterocycles. The van der Waals surface area contributed by atoms with Crippen LogP contribution in [0.5, 0.6) is 0 Å². The normalized spacial score (nSPS) is 12.2. The number of sulfone groups is 1. The highest BCUT2D eigenvalue weighted by atomic mass is 32.2. The monoisotopic (exact) mass is 379 g/mol. The minimum absolute atomic E-state index is 0.0371. The molecule has 2 aromatic heterocycles. The van der Waals surface area contributed by atoms with E-state index in [1.54, 1.807) is 18.3 Å². The van der Waals surface area contributed by atoms with Gasteiger partial charge in [0.25, 0.3) is 0 Å². The molecule has 0 radical (unpaired) electrons. The number of hydrogen-bond acceptors (Lipinski definition) is 5. The van der Waals surface area contributed by atoms with Gasteiger partial charge >= 0.3 is 6.18 Å². The maximum absolute atomic E-state index is 12.7. The molecule has 9 heteroatoms. The van der Waals surface area contributed by atoms with Gasteiger partial charge in [-0.15, -0.1) is 0 Å². The summed E-state index contributed by atoms with van der Waals surface area (Å²) in [6.07, 6.45) is 0.725. The van der Waals surface area contributed by atoms with Crippen LogP contribution >= 0.6 is 0 Å². The summed E-state index contributed by atoms with van der Waals surface area (Å²) in [6.45, 7) is 0. The van der Waals surface area contributed by atoms with Crippen LogP contribution in [-0.2, 0) is 16.0 Å². The third-order valence-corrected chi connectivity index (χ3v) is 4.66. The van der Waals surface area contributed by atoms with Gasteiger partial charge in [-0.1, -0.05) is 12.1 Å². The summed E-state index contributed by atoms with van der Waals surface area (Å²) >= 11 is 0. The van der Waals surface area contributed by atoms with Crippen LogP contribution in [0, 0.1) is 0 Å². The zero-order chi connectivity index (χ0) is 18.9. The fraction of sp³-hybridized carbons (Fsp3) is 0.118. The molecule has 0 fully saturated rings. The molecule has 0 N–H and O–H groups in total. The molecule has 134 valence electrons. The fourth-order valence-corrected chi connectivity index (χ4v) is 3.06. The highest BCUT2D eigenvalue weighted by molar-refractivity contribution is 7.90. The number of hydrogen-bond donors (Lipinski definition) is 0. The molecule has 0 unspecified atom stereocenters. The summed E-state index contributed by atoms with van der Waals surface area (Å²) < 4.78 is 62.3. The second-order valence-electron chi connectivity index (χ2n) is 5.50.